The third kappa shape index (κ3) is 3.14. The summed E-state index contributed by atoms with van der Waals surface area (Å²) in [6.07, 6.45) is 0. The van der Waals surface area contributed by atoms with Crippen molar-refractivity contribution in [2.75, 3.05) is 0 Å². The van der Waals surface area contributed by atoms with Crippen molar-refractivity contribution in [3.05, 3.63) is 29.3 Å². The smallest absolute Gasteiger partial charge is 0.338 e. The van der Waals surface area contributed by atoms with Gasteiger partial charge in [-0.1, -0.05) is 0 Å². The first-order valence-electron chi connectivity index (χ1n) is 4.47. The Balaban J connectivity index is 3.36. The second-order valence-corrected chi connectivity index (χ2v) is 3.10. The Bertz CT molecular complexity index is 552. The lowest BCUT2D eigenvalue weighted by atomic mass is 10.1. The summed E-state index contributed by atoms with van der Waals surface area (Å²) >= 11 is 0. The van der Waals surface area contributed by atoms with Crippen LogP contribution >= 0.6 is 0 Å². The number of carbonyl (C=O) groups is 1. The van der Waals surface area contributed by atoms with Gasteiger partial charge in [0.25, 0.3) is 0 Å². The molecule has 7 N–H and O–H groups in total. The minimum Gasteiger partial charge on any atom is -0.478 e. The van der Waals surface area contributed by atoms with E-state index in [1.807, 2.05) is 0 Å². The lowest BCUT2D eigenvalue weighted by molar-refractivity contribution is 0.0697. The number of nitrogens with zero attached hydrogens (tertiary/aromatic N) is 2. The number of aromatic carboxylic acids is 1. The summed E-state index contributed by atoms with van der Waals surface area (Å²) in [4.78, 5) is 17.6. The highest BCUT2D eigenvalue weighted by Gasteiger charge is 2.15. The van der Waals surface area contributed by atoms with E-state index < -0.39 is 40.8 Å². The number of nitrogens with two attached hydrogens (primary N) is 3. The van der Waals surface area contributed by atoms with Gasteiger partial charge in [0, 0.05) is 6.07 Å². The molecule has 0 bridgehead atoms. The number of halogens is 2. The van der Waals surface area contributed by atoms with E-state index in [0.717, 1.165) is 0 Å². The number of rotatable bonds is 2. The Morgan fingerprint density at radius 2 is 1.72 bits per heavy atom. The third-order valence-electron chi connectivity index (χ3n) is 1.75. The summed E-state index contributed by atoms with van der Waals surface area (Å²) in [7, 11) is 0. The summed E-state index contributed by atoms with van der Waals surface area (Å²) in [5.74, 6) is -4.97. The molecule has 0 saturated carbocycles. The normalized spacial score (nSPS) is 11.1. The molecule has 1 aromatic rings. The van der Waals surface area contributed by atoms with Gasteiger partial charge in [0.15, 0.2) is 17.6 Å². The fourth-order valence-corrected chi connectivity index (χ4v) is 1.08. The Kier molecular flexibility index (Phi) is 3.77. The molecule has 7 nitrogen and oxygen atoms in total. The summed E-state index contributed by atoms with van der Waals surface area (Å²) in [5, 5.41) is 8.79. The van der Waals surface area contributed by atoms with Gasteiger partial charge in [-0.3, -0.25) is 0 Å². The lowest BCUT2D eigenvalue weighted by Gasteiger charge is -2.02. The minimum atomic E-state index is -1.50. The first-order valence-corrected chi connectivity index (χ1v) is 4.47. The number of aliphatic imine (C=N–C) groups is 2. The quantitative estimate of drug-likeness (QED) is 0.432. The van der Waals surface area contributed by atoms with E-state index in [4.69, 9.17) is 22.3 Å². The van der Waals surface area contributed by atoms with Crippen molar-refractivity contribution in [2.24, 2.45) is 27.2 Å². The molecule has 0 aliphatic rings. The van der Waals surface area contributed by atoms with E-state index in [-0.39, 0.29) is 0 Å². The van der Waals surface area contributed by atoms with Crippen molar-refractivity contribution < 1.29 is 18.7 Å². The number of guanidine groups is 2. The second-order valence-electron chi connectivity index (χ2n) is 3.10. The molecule has 0 fully saturated rings. The Labute approximate surface area is 99.6 Å². The van der Waals surface area contributed by atoms with E-state index in [1.54, 1.807) is 0 Å². The van der Waals surface area contributed by atoms with Crippen LogP contribution in [0.4, 0.5) is 14.5 Å². The van der Waals surface area contributed by atoms with E-state index in [2.05, 4.69) is 9.98 Å². The molecule has 0 saturated heterocycles. The predicted octanol–water partition coefficient (Wildman–Crippen LogP) is -0.117. The highest BCUT2D eigenvalue weighted by atomic mass is 19.2. The van der Waals surface area contributed by atoms with Crippen LogP contribution in [0.15, 0.2) is 22.1 Å². The predicted molar refractivity (Wildman–Crippen MR) is 60.4 cm³/mol. The van der Waals surface area contributed by atoms with Crippen LogP contribution in [0, 0.1) is 11.6 Å². The van der Waals surface area contributed by atoms with Crippen LogP contribution in [0.5, 0.6) is 0 Å². The third-order valence-corrected chi connectivity index (χ3v) is 1.75. The highest BCUT2D eigenvalue weighted by molar-refractivity contribution is 5.97. The van der Waals surface area contributed by atoms with Crippen molar-refractivity contribution in [1.29, 1.82) is 0 Å². The molecule has 0 atom stereocenters. The zero-order chi connectivity index (χ0) is 13.9. The van der Waals surface area contributed by atoms with Gasteiger partial charge in [-0.2, -0.15) is 4.99 Å². The van der Waals surface area contributed by atoms with Crippen LogP contribution in [-0.4, -0.2) is 23.0 Å². The van der Waals surface area contributed by atoms with Crippen LogP contribution in [0.3, 0.4) is 0 Å². The molecule has 1 aromatic carbocycles. The van der Waals surface area contributed by atoms with E-state index in [1.165, 1.54) is 0 Å². The van der Waals surface area contributed by atoms with Crippen LogP contribution in [0.2, 0.25) is 0 Å². The molecule has 0 aliphatic heterocycles. The molecule has 96 valence electrons. The molecule has 0 heterocycles. The molecule has 0 aromatic heterocycles. The molecule has 0 aliphatic carbocycles. The lowest BCUT2D eigenvalue weighted by Crippen LogP contribution is -2.26. The number of hydrogen-bond donors (Lipinski definition) is 4. The van der Waals surface area contributed by atoms with Crippen molar-refractivity contribution in [3.8, 4) is 0 Å². The van der Waals surface area contributed by atoms with Gasteiger partial charge in [0.2, 0.25) is 5.96 Å². The molecule has 9 heteroatoms. The summed E-state index contributed by atoms with van der Waals surface area (Å²) < 4.78 is 25.9. The van der Waals surface area contributed by atoms with Gasteiger partial charge < -0.3 is 22.3 Å². The molecule has 1 rings (SSSR count). The van der Waals surface area contributed by atoms with Gasteiger partial charge in [-0.15, -0.1) is 0 Å². The topological polar surface area (TPSA) is 140 Å². The fraction of sp³-hybridized carbons (Fsp3) is 0. The Morgan fingerprint density at radius 1 is 1.17 bits per heavy atom. The van der Waals surface area contributed by atoms with Gasteiger partial charge in [-0.25, -0.2) is 18.6 Å². The van der Waals surface area contributed by atoms with Crippen molar-refractivity contribution in [2.45, 2.75) is 0 Å². The maximum Gasteiger partial charge on any atom is 0.338 e. The molecule has 18 heavy (non-hydrogen) atoms. The average Bonchev–Trinajstić information content (AvgIpc) is 2.21. The van der Waals surface area contributed by atoms with Gasteiger partial charge in [-0.05, 0) is 6.07 Å². The largest absolute Gasteiger partial charge is 0.478 e. The SMILES string of the molecule is NC(N)=NC(N)=Nc1cc(F)c(F)cc1C(=O)O. The first-order chi connectivity index (χ1) is 8.31. The van der Waals surface area contributed by atoms with Gasteiger partial charge >= 0.3 is 5.97 Å². The summed E-state index contributed by atoms with van der Waals surface area (Å²) in [5.41, 5.74) is 14.3. The minimum absolute atomic E-state index is 0.399. The van der Waals surface area contributed by atoms with Crippen LogP contribution in [-0.2, 0) is 0 Å². The average molecular weight is 257 g/mol. The molecular formula is C9H9F2N5O2. The Hall–Kier alpha value is -2.71. The Morgan fingerprint density at radius 3 is 2.22 bits per heavy atom. The highest BCUT2D eigenvalue weighted by Crippen LogP contribution is 2.23. The zero-order valence-corrected chi connectivity index (χ0v) is 8.89. The van der Waals surface area contributed by atoms with Gasteiger partial charge in [0.05, 0.1) is 11.3 Å². The van der Waals surface area contributed by atoms with Crippen LogP contribution in [0.25, 0.3) is 0 Å². The first kappa shape index (κ1) is 13.4. The van der Waals surface area contributed by atoms with Crippen LogP contribution in [0.1, 0.15) is 10.4 Å². The molecule has 0 unspecified atom stereocenters. The molecule has 0 radical (unpaired) electrons. The van der Waals surface area contributed by atoms with Crippen molar-refractivity contribution in [3.63, 3.8) is 0 Å². The van der Waals surface area contributed by atoms with E-state index in [9.17, 15) is 13.6 Å². The number of carboxylic acid groups (broad SMARTS) is 1. The van der Waals surface area contributed by atoms with Crippen LogP contribution < -0.4 is 17.2 Å². The number of benzene rings is 1. The second kappa shape index (κ2) is 5.08. The maximum atomic E-state index is 13.0. The standard InChI is InChI=1S/C9H9F2N5O2/c10-4-1-3(7(17)18)6(2-5(4)11)15-9(14)16-8(12)13/h1-2H,(H,17,18)(H6,12,13,14,15,16). The summed E-state index contributed by atoms with van der Waals surface area (Å²) in [6, 6.07) is 1.06. The fourth-order valence-electron chi connectivity index (χ4n) is 1.08. The monoisotopic (exact) mass is 257 g/mol. The molecular weight excluding hydrogens is 248 g/mol. The van der Waals surface area contributed by atoms with E-state index in [0.29, 0.717) is 12.1 Å². The molecule has 0 amide bonds. The maximum absolute atomic E-state index is 13.0. The number of hydrogen-bond acceptors (Lipinski definition) is 2. The van der Waals surface area contributed by atoms with Crippen molar-refractivity contribution in [1.82, 2.24) is 0 Å². The number of carboxylic acids is 1. The van der Waals surface area contributed by atoms with E-state index >= 15 is 0 Å². The zero-order valence-electron chi connectivity index (χ0n) is 8.89. The molecule has 0 spiro atoms. The summed E-state index contributed by atoms with van der Waals surface area (Å²) in [6.45, 7) is 0. The van der Waals surface area contributed by atoms with Crippen molar-refractivity contribution >= 4 is 23.6 Å². The van der Waals surface area contributed by atoms with Gasteiger partial charge in [0.1, 0.15) is 0 Å².